The van der Waals surface area contributed by atoms with E-state index in [-0.39, 0.29) is 22.1 Å². The molecule has 1 aromatic carbocycles. The summed E-state index contributed by atoms with van der Waals surface area (Å²) < 4.78 is 14.8. The number of aryl methyl sites for hydroxylation is 1. The predicted molar refractivity (Wildman–Crippen MR) is 61.9 cm³/mol. The molecule has 0 saturated heterocycles. The molecule has 0 aliphatic heterocycles. The molecule has 1 aromatic heterocycles. The molecule has 6 heteroatoms. The molecule has 0 unspecified atom stereocenters. The van der Waals surface area contributed by atoms with E-state index in [0.717, 1.165) is 0 Å². The Hall–Kier alpha value is -1.75. The van der Waals surface area contributed by atoms with Gasteiger partial charge in [-0.1, -0.05) is 17.7 Å². The van der Waals surface area contributed by atoms with Crippen LogP contribution in [-0.2, 0) is 0 Å². The summed E-state index contributed by atoms with van der Waals surface area (Å²) in [6.07, 6.45) is 0. The Morgan fingerprint density at radius 3 is 2.62 bits per heavy atom. The molecule has 0 bridgehead atoms. The number of anilines is 1. The maximum atomic E-state index is 13.6. The number of aromatic nitrogens is 2. The minimum atomic E-state index is -0.475. The molecule has 16 heavy (non-hydrogen) atoms. The van der Waals surface area contributed by atoms with Crippen molar-refractivity contribution in [1.82, 2.24) is 9.66 Å². The smallest absolute Gasteiger partial charge is 0.150 e. The molecular formula is C10H10ClFN4. The molecule has 0 amide bonds. The van der Waals surface area contributed by atoms with Crippen LogP contribution >= 0.6 is 11.6 Å². The van der Waals surface area contributed by atoms with Crippen LogP contribution in [0.2, 0.25) is 5.02 Å². The minimum absolute atomic E-state index is 0.175. The largest absolute Gasteiger partial charge is 0.382 e. The second-order valence-corrected chi connectivity index (χ2v) is 3.77. The standard InChI is InChI=1S/C10H10ClFN4/c1-5-15-9(10(13)16(5)14)8-6(11)3-2-4-7(8)12/h2-4H,13-14H2,1H3. The quantitative estimate of drug-likeness (QED) is 0.749. The summed E-state index contributed by atoms with van der Waals surface area (Å²) >= 11 is 5.91. The van der Waals surface area contributed by atoms with Crippen molar-refractivity contribution in [2.24, 2.45) is 0 Å². The monoisotopic (exact) mass is 240 g/mol. The molecule has 0 atom stereocenters. The zero-order valence-electron chi connectivity index (χ0n) is 8.54. The van der Waals surface area contributed by atoms with Gasteiger partial charge in [-0.2, -0.15) is 0 Å². The first-order valence-electron chi connectivity index (χ1n) is 4.56. The van der Waals surface area contributed by atoms with Gasteiger partial charge < -0.3 is 11.6 Å². The Morgan fingerprint density at radius 1 is 1.44 bits per heavy atom. The van der Waals surface area contributed by atoms with Crippen molar-refractivity contribution in [3.05, 3.63) is 34.9 Å². The predicted octanol–water partition coefficient (Wildman–Crippen LogP) is 1.95. The van der Waals surface area contributed by atoms with E-state index < -0.39 is 5.82 Å². The van der Waals surface area contributed by atoms with Crippen LogP contribution in [0.5, 0.6) is 0 Å². The first-order valence-corrected chi connectivity index (χ1v) is 4.94. The highest BCUT2D eigenvalue weighted by Gasteiger charge is 2.18. The molecule has 0 aliphatic carbocycles. The molecule has 0 fully saturated rings. The molecule has 0 saturated carbocycles. The SMILES string of the molecule is Cc1nc(-c2c(F)cccc2Cl)c(N)n1N. The zero-order valence-corrected chi connectivity index (χ0v) is 9.29. The molecular weight excluding hydrogens is 231 g/mol. The van der Waals surface area contributed by atoms with E-state index in [1.807, 2.05) is 0 Å². The number of nitrogen functional groups attached to an aromatic ring is 2. The van der Waals surface area contributed by atoms with E-state index in [1.54, 1.807) is 13.0 Å². The summed E-state index contributed by atoms with van der Waals surface area (Å²) in [7, 11) is 0. The molecule has 84 valence electrons. The number of nitrogens with zero attached hydrogens (tertiary/aromatic N) is 2. The average molecular weight is 241 g/mol. The van der Waals surface area contributed by atoms with Crippen molar-refractivity contribution >= 4 is 17.4 Å². The Bertz CT molecular complexity index is 530. The van der Waals surface area contributed by atoms with Gasteiger partial charge in [0.25, 0.3) is 0 Å². The summed E-state index contributed by atoms with van der Waals surface area (Å²) in [5.41, 5.74) is 6.17. The molecule has 0 spiro atoms. The van der Waals surface area contributed by atoms with Crippen molar-refractivity contribution in [2.45, 2.75) is 6.92 Å². The van der Waals surface area contributed by atoms with Crippen molar-refractivity contribution in [1.29, 1.82) is 0 Å². The fraction of sp³-hybridized carbons (Fsp3) is 0.100. The molecule has 4 N–H and O–H groups in total. The third-order valence-corrected chi connectivity index (χ3v) is 2.64. The topological polar surface area (TPSA) is 69.9 Å². The van der Waals surface area contributed by atoms with Crippen molar-refractivity contribution in [2.75, 3.05) is 11.6 Å². The first-order chi connectivity index (χ1) is 7.52. The van der Waals surface area contributed by atoms with Gasteiger partial charge in [-0.3, -0.25) is 0 Å². The fourth-order valence-electron chi connectivity index (χ4n) is 1.47. The van der Waals surface area contributed by atoms with Crippen LogP contribution in [0, 0.1) is 12.7 Å². The molecule has 2 aromatic rings. The third-order valence-electron chi connectivity index (χ3n) is 2.32. The zero-order chi connectivity index (χ0) is 11.9. The van der Waals surface area contributed by atoms with E-state index in [4.69, 9.17) is 23.2 Å². The average Bonchev–Trinajstić information content (AvgIpc) is 2.47. The van der Waals surface area contributed by atoms with Gasteiger partial charge in [0.2, 0.25) is 0 Å². The first kappa shape index (κ1) is 10.8. The van der Waals surface area contributed by atoms with E-state index in [2.05, 4.69) is 4.98 Å². The van der Waals surface area contributed by atoms with E-state index >= 15 is 0 Å². The molecule has 1 heterocycles. The lowest BCUT2D eigenvalue weighted by atomic mass is 10.1. The van der Waals surface area contributed by atoms with E-state index in [9.17, 15) is 4.39 Å². The number of hydrogen-bond donors (Lipinski definition) is 2. The normalized spacial score (nSPS) is 10.7. The maximum absolute atomic E-state index is 13.6. The minimum Gasteiger partial charge on any atom is -0.382 e. The third kappa shape index (κ3) is 1.49. The van der Waals surface area contributed by atoms with E-state index in [1.165, 1.54) is 16.8 Å². The molecule has 4 nitrogen and oxygen atoms in total. The number of benzene rings is 1. The summed E-state index contributed by atoms with van der Waals surface area (Å²) in [6, 6.07) is 4.39. The van der Waals surface area contributed by atoms with Crippen LogP contribution in [0.25, 0.3) is 11.3 Å². The van der Waals surface area contributed by atoms with Gasteiger partial charge in [0, 0.05) is 0 Å². The van der Waals surface area contributed by atoms with Gasteiger partial charge in [-0.05, 0) is 19.1 Å². The van der Waals surface area contributed by atoms with Crippen LogP contribution in [0.15, 0.2) is 18.2 Å². The van der Waals surface area contributed by atoms with E-state index in [0.29, 0.717) is 5.82 Å². The lowest BCUT2D eigenvalue weighted by molar-refractivity contribution is 0.631. The molecule has 0 radical (unpaired) electrons. The fourth-order valence-corrected chi connectivity index (χ4v) is 1.72. The van der Waals surface area contributed by atoms with Crippen molar-refractivity contribution < 1.29 is 4.39 Å². The Labute approximate surface area is 96.6 Å². The van der Waals surface area contributed by atoms with Gasteiger partial charge in [0.15, 0.2) is 5.82 Å². The second-order valence-electron chi connectivity index (χ2n) is 3.36. The number of halogens is 2. The summed E-state index contributed by atoms with van der Waals surface area (Å²) in [5, 5.41) is 0.254. The lowest BCUT2D eigenvalue weighted by Gasteiger charge is -2.04. The van der Waals surface area contributed by atoms with Crippen LogP contribution in [0.3, 0.4) is 0 Å². The Kier molecular flexibility index (Phi) is 2.47. The number of imidazole rings is 1. The summed E-state index contributed by atoms with van der Waals surface area (Å²) in [4.78, 5) is 4.09. The van der Waals surface area contributed by atoms with Gasteiger partial charge in [-0.15, -0.1) is 0 Å². The van der Waals surface area contributed by atoms with Crippen molar-refractivity contribution in [3.63, 3.8) is 0 Å². The van der Waals surface area contributed by atoms with Crippen LogP contribution in [0.1, 0.15) is 5.82 Å². The Balaban J connectivity index is 2.72. The van der Waals surface area contributed by atoms with Gasteiger partial charge >= 0.3 is 0 Å². The highest BCUT2D eigenvalue weighted by Crippen LogP contribution is 2.33. The number of nitrogens with two attached hydrogens (primary N) is 2. The maximum Gasteiger partial charge on any atom is 0.150 e. The van der Waals surface area contributed by atoms with Gasteiger partial charge in [-0.25, -0.2) is 14.1 Å². The highest BCUT2D eigenvalue weighted by atomic mass is 35.5. The number of rotatable bonds is 1. The number of hydrogen-bond acceptors (Lipinski definition) is 3. The highest BCUT2D eigenvalue weighted by molar-refractivity contribution is 6.33. The molecule has 2 rings (SSSR count). The second kappa shape index (κ2) is 3.68. The van der Waals surface area contributed by atoms with Gasteiger partial charge in [0.1, 0.15) is 17.3 Å². The van der Waals surface area contributed by atoms with Crippen LogP contribution in [-0.4, -0.2) is 9.66 Å². The lowest BCUT2D eigenvalue weighted by Crippen LogP contribution is -2.13. The van der Waals surface area contributed by atoms with Crippen LogP contribution in [0.4, 0.5) is 10.2 Å². The van der Waals surface area contributed by atoms with Crippen LogP contribution < -0.4 is 11.6 Å². The summed E-state index contributed by atoms with van der Waals surface area (Å²) in [5.74, 6) is 5.81. The van der Waals surface area contributed by atoms with Gasteiger partial charge in [0.05, 0.1) is 10.6 Å². The summed E-state index contributed by atoms with van der Waals surface area (Å²) in [6.45, 7) is 1.68. The molecule has 0 aliphatic rings. The Morgan fingerprint density at radius 2 is 2.12 bits per heavy atom. The van der Waals surface area contributed by atoms with Crippen molar-refractivity contribution in [3.8, 4) is 11.3 Å².